The summed E-state index contributed by atoms with van der Waals surface area (Å²) in [6, 6.07) is 7.22. The lowest BCUT2D eigenvalue weighted by Gasteiger charge is -2.15. The summed E-state index contributed by atoms with van der Waals surface area (Å²) in [6.45, 7) is 2.42. The van der Waals surface area contributed by atoms with Crippen LogP contribution in [0, 0.1) is 0 Å². The standard InChI is InChI=1S/C26H16O9/c1-10(27)13-6-16-24(32)14-5-12(29)3-4-20(14)35-26(16)22(11(2)28)23(13)17-9-34-21-8-19(31)18(30)7-15(21)25(17)33/h3-9,29-31H,1-2H3. The molecule has 0 aliphatic carbocycles. The predicted molar refractivity (Wildman–Crippen MR) is 126 cm³/mol. The highest BCUT2D eigenvalue weighted by molar-refractivity contribution is 6.17. The number of phenolic OH excluding ortho intramolecular Hbond substituents is 3. The highest BCUT2D eigenvalue weighted by atomic mass is 16.3. The molecular weight excluding hydrogens is 456 g/mol. The van der Waals surface area contributed by atoms with Crippen LogP contribution >= 0.6 is 0 Å². The highest BCUT2D eigenvalue weighted by Crippen LogP contribution is 2.36. The molecule has 0 radical (unpaired) electrons. The lowest BCUT2D eigenvalue weighted by Crippen LogP contribution is -2.14. The fourth-order valence-electron chi connectivity index (χ4n) is 4.20. The second-order valence-corrected chi connectivity index (χ2v) is 8.09. The van der Waals surface area contributed by atoms with Crippen molar-refractivity contribution in [2.45, 2.75) is 13.8 Å². The van der Waals surface area contributed by atoms with E-state index < -0.39 is 33.9 Å². The molecule has 5 aromatic rings. The molecule has 5 rings (SSSR count). The summed E-state index contributed by atoms with van der Waals surface area (Å²) in [5.41, 5.74) is -1.84. The number of hydrogen-bond donors (Lipinski definition) is 3. The molecule has 9 nitrogen and oxygen atoms in total. The van der Waals surface area contributed by atoms with E-state index in [1.54, 1.807) is 0 Å². The number of phenols is 3. The molecule has 2 aromatic heterocycles. The van der Waals surface area contributed by atoms with E-state index in [1.807, 2.05) is 0 Å². The average molecular weight is 472 g/mol. The molecule has 9 heteroatoms. The Balaban J connectivity index is 2.00. The lowest BCUT2D eigenvalue weighted by atomic mass is 9.88. The van der Waals surface area contributed by atoms with E-state index >= 15 is 0 Å². The van der Waals surface area contributed by atoms with Crippen LogP contribution in [0.5, 0.6) is 17.2 Å². The molecule has 3 N–H and O–H groups in total. The van der Waals surface area contributed by atoms with Crippen molar-refractivity contribution in [3.63, 3.8) is 0 Å². The first kappa shape index (κ1) is 21.9. The first-order valence-electron chi connectivity index (χ1n) is 10.3. The zero-order valence-electron chi connectivity index (χ0n) is 18.3. The maximum absolute atomic E-state index is 13.4. The summed E-state index contributed by atoms with van der Waals surface area (Å²) in [7, 11) is 0. The molecule has 0 aliphatic rings. The maximum Gasteiger partial charge on any atom is 0.200 e. The van der Waals surface area contributed by atoms with Gasteiger partial charge in [0.15, 0.2) is 23.1 Å². The van der Waals surface area contributed by atoms with Crippen LogP contribution in [0.25, 0.3) is 44.0 Å². The van der Waals surface area contributed by atoms with Crippen molar-refractivity contribution in [2.24, 2.45) is 0 Å². The minimum absolute atomic E-state index is 0.0269. The molecule has 0 amide bonds. The van der Waals surface area contributed by atoms with Gasteiger partial charge in [0.25, 0.3) is 0 Å². The Morgan fingerprint density at radius 2 is 1.46 bits per heavy atom. The molecule has 0 spiro atoms. The van der Waals surface area contributed by atoms with Gasteiger partial charge in [-0.2, -0.15) is 0 Å². The van der Waals surface area contributed by atoms with Gasteiger partial charge in [0.05, 0.1) is 27.3 Å². The minimum Gasteiger partial charge on any atom is -0.508 e. The SMILES string of the molecule is CC(=O)c1cc2c(=O)c3cc(O)ccc3oc2c(C(C)=O)c1-c1coc2cc(O)c(O)cc2c1=O. The third kappa shape index (κ3) is 3.24. The van der Waals surface area contributed by atoms with Crippen molar-refractivity contribution in [3.8, 4) is 28.4 Å². The Bertz CT molecular complexity index is 1870. The molecule has 0 atom stereocenters. The molecular formula is C26H16O9. The topological polar surface area (TPSA) is 155 Å². The molecule has 3 aromatic carbocycles. The minimum atomic E-state index is -0.682. The van der Waals surface area contributed by atoms with Gasteiger partial charge >= 0.3 is 0 Å². The molecule has 0 aliphatic heterocycles. The van der Waals surface area contributed by atoms with Gasteiger partial charge in [-0.05, 0) is 44.2 Å². The Labute approximate surface area is 195 Å². The van der Waals surface area contributed by atoms with Gasteiger partial charge in [0.1, 0.15) is 28.8 Å². The molecule has 0 unspecified atom stereocenters. The van der Waals surface area contributed by atoms with E-state index in [0.29, 0.717) is 0 Å². The summed E-state index contributed by atoms with van der Waals surface area (Å²) in [6.07, 6.45) is 1.04. The summed E-state index contributed by atoms with van der Waals surface area (Å²) in [5.74, 6) is -2.33. The van der Waals surface area contributed by atoms with Crippen molar-refractivity contribution in [3.05, 3.63) is 74.2 Å². The number of carbonyl (C=O) groups is 2. The van der Waals surface area contributed by atoms with Crippen molar-refractivity contribution < 1.29 is 33.7 Å². The third-order valence-electron chi connectivity index (χ3n) is 5.81. The van der Waals surface area contributed by atoms with Crippen LogP contribution < -0.4 is 10.9 Å². The average Bonchev–Trinajstić information content (AvgIpc) is 2.80. The van der Waals surface area contributed by atoms with E-state index in [1.165, 1.54) is 38.1 Å². The Kier molecular flexibility index (Phi) is 4.73. The molecule has 0 saturated carbocycles. The number of benzene rings is 3. The quantitative estimate of drug-likeness (QED) is 0.199. The van der Waals surface area contributed by atoms with Crippen molar-refractivity contribution >= 4 is 44.5 Å². The van der Waals surface area contributed by atoms with Crippen LogP contribution in [-0.2, 0) is 0 Å². The summed E-state index contributed by atoms with van der Waals surface area (Å²) < 4.78 is 11.4. The zero-order valence-corrected chi connectivity index (χ0v) is 18.3. The second kappa shape index (κ2) is 7.56. The highest BCUT2D eigenvalue weighted by Gasteiger charge is 2.27. The van der Waals surface area contributed by atoms with Gasteiger partial charge < -0.3 is 24.2 Å². The second-order valence-electron chi connectivity index (χ2n) is 8.09. The van der Waals surface area contributed by atoms with Crippen molar-refractivity contribution in [1.29, 1.82) is 0 Å². The largest absolute Gasteiger partial charge is 0.508 e. The molecule has 2 heterocycles. The number of Topliss-reactive ketones (excluding diaryl/α,β-unsaturated/α-hetero) is 2. The number of hydrogen-bond acceptors (Lipinski definition) is 9. The van der Waals surface area contributed by atoms with Crippen LogP contribution in [0.15, 0.2) is 61.1 Å². The van der Waals surface area contributed by atoms with Crippen LogP contribution in [-0.4, -0.2) is 26.9 Å². The number of ketones is 2. The monoisotopic (exact) mass is 472 g/mol. The van der Waals surface area contributed by atoms with E-state index in [9.17, 15) is 34.5 Å². The number of fused-ring (bicyclic) bond motifs is 3. The molecule has 35 heavy (non-hydrogen) atoms. The maximum atomic E-state index is 13.4. The van der Waals surface area contributed by atoms with Crippen LogP contribution in [0.1, 0.15) is 34.6 Å². The van der Waals surface area contributed by atoms with Gasteiger partial charge in [0, 0.05) is 17.2 Å². The van der Waals surface area contributed by atoms with Crippen LogP contribution in [0.3, 0.4) is 0 Å². The van der Waals surface area contributed by atoms with Crippen LogP contribution in [0.4, 0.5) is 0 Å². The fourth-order valence-corrected chi connectivity index (χ4v) is 4.20. The normalized spacial score (nSPS) is 11.4. The Hall–Kier alpha value is -4.92. The fraction of sp³-hybridized carbons (Fsp3) is 0.0769. The van der Waals surface area contributed by atoms with Crippen LogP contribution in [0.2, 0.25) is 0 Å². The Morgan fingerprint density at radius 3 is 2.14 bits per heavy atom. The number of rotatable bonds is 3. The number of carbonyl (C=O) groups excluding carboxylic acids is 2. The number of aromatic hydroxyl groups is 3. The van der Waals surface area contributed by atoms with Gasteiger partial charge in [0.2, 0.25) is 10.9 Å². The predicted octanol–water partition coefficient (Wildman–Crippen LogP) is 4.24. The van der Waals surface area contributed by atoms with Gasteiger partial charge in [-0.25, -0.2) is 0 Å². The summed E-state index contributed by atoms with van der Waals surface area (Å²) >= 11 is 0. The smallest absolute Gasteiger partial charge is 0.200 e. The van der Waals surface area contributed by atoms with E-state index in [4.69, 9.17) is 8.83 Å². The zero-order chi connectivity index (χ0) is 25.2. The molecule has 0 bridgehead atoms. The summed E-state index contributed by atoms with van der Waals surface area (Å²) in [5, 5.41) is 29.3. The van der Waals surface area contributed by atoms with E-state index in [-0.39, 0.29) is 60.9 Å². The van der Waals surface area contributed by atoms with Gasteiger partial charge in [-0.3, -0.25) is 19.2 Å². The first-order valence-corrected chi connectivity index (χ1v) is 10.3. The van der Waals surface area contributed by atoms with Crippen molar-refractivity contribution in [2.75, 3.05) is 0 Å². The first-order chi connectivity index (χ1) is 16.6. The third-order valence-corrected chi connectivity index (χ3v) is 5.81. The van der Waals surface area contributed by atoms with E-state index in [0.717, 1.165) is 18.4 Å². The van der Waals surface area contributed by atoms with Gasteiger partial charge in [-0.15, -0.1) is 0 Å². The van der Waals surface area contributed by atoms with Gasteiger partial charge in [-0.1, -0.05) is 0 Å². The Morgan fingerprint density at radius 1 is 0.771 bits per heavy atom. The molecule has 0 fully saturated rings. The summed E-state index contributed by atoms with van der Waals surface area (Å²) in [4.78, 5) is 52.2. The van der Waals surface area contributed by atoms with E-state index in [2.05, 4.69) is 0 Å². The molecule has 174 valence electrons. The lowest BCUT2D eigenvalue weighted by molar-refractivity contribution is 0.101. The van der Waals surface area contributed by atoms with Crippen molar-refractivity contribution in [1.82, 2.24) is 0 Å². The molecule has 0 saturated heterocycles.